The highest BCUT2D eigenvalue weighted by Gasteiger charge is 2.23. The van der Waals surface area contributed by atoms with Crippen molar-refractivity contribution in [1.29, 1.82) is 10.8 Å². The smallest absolute Gasteiger partial charge is 0.326 e. The molecule has 1 aromatic heterocycles. The third-order valence-electron chi connectivity index (χ3n) is 4.49. The minimum absolute atomic E-state index is 0.153. The molecule has 0 atom stereocenters. The molecule has 1 fully saturated rings. The molecule has 0 radical (unpaired) electrons. The van der Waals surface area contributed by atoms with Gasteiger partial charge in [-0.15, -0.1) is 0 Å². The normalized spacial score (nSPS) is 13.7. The zero-order chi connectivity index (χ0) is 21.3. The van der Waals surface area contributed by atoms with Gasteiger partial charge in [0.2, 0.25) is 0 Å². The van der Waals surface area contributed by atoms with Gasteiger partial charge in [0, 0.05) is 22.3 Å². The van der Waals surface area contributed by atoms with Gasteiger partial charge >= 0.3 is 6.03 Å². The molecule has 1 saturated heterocycles. The summed E-state index contributed by atoms with van der Waals surface area (Å²) in [6, 6.07) is 14.1. The maximum atomic E-state index is 11.5. The minimum atomic E-state index is -0.604. The number of urea groups is 1. The molecule has 4 N–H and O–H groups in total. The van der Waals surface area contributed by atoms with Crippen molar-refractivity contribution in [2.45, 2.75) is 0 Å². The van der Waals surface area contributed by atoms with Gasteiger partial charge in [-0.25, -0.2) is 9.48 Å². The number of benzene rings is 2. The van der Waals surface area contributed by atoms with Gasteiger partial charge in [0.1, 0.15) is 17.4 Å². The number of nitrogens with zero attached hydrogens (tertiary/aromatic N) is 2. The van der Waals surface area contributed by atoms with E-state index in [-0.39, 0.29) is 17.2 Å². The van der Waals surface area contributed by atoms with E-state index in [4.69, 9.17) is 32.3 Å². The van der Waals surface area contributed by atoms with Gasteiger partial charge in [-0.3, -0.25) is 21.5 Å². The molecular weight excluding hydrogens is 404 g/mol. The summed E-state index contributed by atoms with van der Waals surface area (Å²) in [4.78, 5) is 11.5. The molecule has 0 unspecified atom stereocenters. The summed E-state index contributed by atoms with van der Waals surface area (Å²) >= 11 is 6.13. The van der Waals surface area contributed by atoms with Crippen molar-refractivity contribution in [3.05, 3.63) is 70.9 Å². The standard InChI is InChI=1S/C21H17ClN6O2/c1-30-16-7-5-12(6-8-16)18-13(9-17-19(23)25-21(29)26-20(17)24)11-28(27-18)15-4-2-3-14(22)10-15/h2-11H,1H3,(H4,23,24,25,26,29). The fourth-order valence-electron chi connectivity index (χ4n) is 3.03. The molecule has 0 bridgehead atoms. The number of amides is 2. The zero-order valence-electron chi connectivity index (χ0n) is 15.9. The molecule has 9 heteroatoms. The minimum Gasteiger partial charge on any atom is -0.497 e. The van der Waals surface area contributed by atoms with E-state index >= 15 is 0 Å². The number of nitrogens with one attached hydrogen (secondary N) is 4. The fraction of sp³-hybridized carbons (Fsp3) is 0.0476. The third kappa shape index (κ3) is 3.81. The Labute approximate surface area is 177 Å². The van der Waals surface area contributed by atoms with Crippen molar-refractivity contribution >= 4 is 35.4 Å². The van der Waals surface area contributed by atoms with Gasteiger partial charge in [-0.2, -0.15) is 5.10 Å². The monoisotopic (exact) mass is 420 g/mol. The van der Waals surface area contributed by atoms with Crippen molar-refractivity contribution in [3.8, 4) is 22.7 Å². The second kappa shape index (κ2) is 7.84. The van der Waals surface area contributed by atoms with Crippen LogP contribution in [0.15, 0.2) is 60.3 Å². The van der Waals surface area contributed by atoms with Crippen molar-refractivity contribution in [2.24, 2.45) is 0 Å². The van der Waals surface area contributed by atoms with Crippen LogP contribution in [0.5, 0.6) is 5.75 Å². The predicted molar refractivity (Wildman–Crippen MR) is 116 cm³/mol. The first-order valence-electron chi connectivity index (χ1n) is 8.92. The summed E-state index contributed by atoms with van der Waals surface area (Å²) in [5, 5.41) is 26.1. The number of hydrogen-bond acceptors (Lipinski definition) is 5. The molecule has 0 spiro atoms. The van der Waals surface area contributed by atoms with Gasteiger partial charge in [0.25, 0.3) is 0 Å². The lowest BCUT2D eigenvalue weighted by molar-refractivity contribution is 0.249. The van der Waals surface area contributed by atoms with Crippen molar-refractivity contribution in [1.82, 2.24) is 20.4 Å². The summed E-state index contributed by atoms with van der Waals surface area (Å²) in [7, 11) is 1.60. The molecule has 0 saturated carbocycles. The predicted octanol–water partition coefficient (Wildman–Crippen LogP) is 3.85. The highest BCUT2D eigenvalue weighted by molar-refractivity contribution is 6.33. The highest BCUT2D eigenvalue weighted by Crippen LogP contribution is 2.28. The van der Waals surface area contributed by atoms with Crippen LogP contribution in [0.3, 0.4) is 0 Å². The number of rotatable bonds is 4. The Morgan fingerprint density at radius 1 is 1.10 bits per heavy atom. The van der Waals surface area contributed by atoms with Crippen LogP contribution in [0, 0.1) is 10.8 Å². The van der Waals surface area contributed by atoms with Gasteiger partial charge in [-0.05, 0) is 48.5 Å². The van der Waals surface area contributed by atoms with Crippen molar-refractivity contribution in [2.75, 3.05) is 7.11 Å². The maximum Gasteiger partial charge on any atom is 0.326 e. The summed E-state index contributed by atoms with van der Waals surface area (Å²) in [6.07, 6.45) is 3.43. The van der Waals surface area contributed by atoms with Crippen LogP contribution >= 0.6 is 11.6 Å². The van der Waals surface area contributed by atoms with Crippen LogP contribution in [-0.2, 0) is 0 Å². The fourth-order valence-corrected chi connectivity index (χ4v) is 3.22. The van der Waals surface area contributed by atoms with Crippen LogP contribution in [0.4, 0.5) is 4.79 Å². The van der Waals surface area contributed by atoms with E-state index in [0.29, 0.717) is 16.3 Å². The largest absolute Gasteiger partial charge is 0.497 e. The SMILES string of the molecule is COc1ccc(-c2nn(-c3cccc(Cl)c3)cc2C=C2C(=N)NC(=O)NC2=N)cc1. The summed E-state index contributed by atoms with van der Waals surface area (Å²) in [5.41, 5.74) is 3.15. The van der Waals surface area contributed by atoms with Gasteiger partial charge in [-0.1, -0.05) is 17.7 Å². The maximum absolute atomic E-state index is 11.5. The first-order chi connectivity index (χ1) is 14.4. The van der Waals surface area contributed by atoms with Crippen molar-refractivity contribution < 1.29 is 9.53 Å². The topological polar surface area (TPSA) is 116 Å². The summed E-state index contributed by atoms with van der Waals surface area (Å²) < 4.78 is 6.91. The van der Waals surface area contributed by atoms with Gasteiger partial charge in [0.05, 0.1) is 24.1 Å². The van der Waals surface area contributed by atoms with Gasteiger partial charge in [0.15, 0.2) is 0 Å². The molecular formula is C21H17ClN6O2. The number of ether oxygens (including phenoxy) is 1. The average Bonchev–Trinajstić information content (AvgIpc) is 3.15. The Morgan fingerprint density at radius 2 is 1.80 bits per heavy atom. The molecule has 30 heavy (non-hydrogen) atoms. The molecule has 3 aromatic rings. The Hall–Kier alpha value is -3.91. The first kappa shape index (κ1) is 19.4. The number of methoxy groups -OCH3 is 1. The van der Waals surface area contributed by atoms with E-state index in [1.165, 1.54) is 0 Å². The Balaban J connectivity index is 1.85. The third-order valence-corrected chi connectivity index (χ3v) is 4.73. The number of halogens is 1. The molecule has 2 amide bonds. The van der Waals surface area contributed by atoms with E-state index in [1.54, 1.807) is 36.2 Å². The molecule has 8 nitrogen and oxygen atoms in total. The van der Waals surface area contributed by atoms with E-state index < -0.39 is 6.03 Å². The molecule has 0 aliphatic carbocycles. The van der Waals surface area contributed by atoms with E-state index in [1.807, 2.05) is 36.4 Å². The number of carbonyl (C=O) groups excluding carboxylic acids is 1. The molecule has 2 aromatic carbocycles. The van der Waals surface area contributed by atoms with E-state index in [9.17, 15) is 4.79 Å². The lowest BCUT2D eigenvalue weighted by Gasteiger charge is -2.18. The first-order valence-corrected chi connectivity index (χ1v) is 9.30. The highest BCUT2D eigenvalue weighted by atomic mass is 35.5. The molecule has 4 rings (SSSR count). The summed E-state index contributed by atoms with van der Waals surface area (Å²) in [5.74, 6) is 0.413. The summed E-state index contributed by atoms with van der Waals surface area (Å²) in [6.45, 7) is 0. The van der Waals surface area contributed by atoms with E-state index in [0.717, 1.165) is 17.0 Å². The Bertz CT molecular complexity index is 1170. The number of aromatic nitrogens is 2. The second-order valence-corrected chi connectivity index (χ2v) is 6.91. The van der Waals surface area contributed by atoms with Crippen LogP contribution in [-0.4, -0.2) is 34.6 Å². The Morgan fingerprint density at radius 3 is 2.43 bits per heavy atom. The van der Waals surface area contributed by atoms with Crippen molar-refractivity contribution in [3.63, 3.8) is 0 Å². The Kier molecular flexibility index (Phi) is 5.07. The molecule has 1 aliphatic rings. The van der Waals surface area contributed by atoms with Crippen LogP contribution in [0.25, 0.3) is 23.0 Å². The molecule has 150 valence electrons. The molecule has 2 heterocycles. The lowest BCUT2D eigenvalue weighted by Crippen LogP contribution is -2.50. The quantitative estimate of drug-likeness (QED) is 0.513. The number of hydrogen-bond donors (Lipinski definition) is 4. The number of amidine groups is 2. The van der Waals surface area contributed by atoms with Gasteiger partial charge < -0.3 is 4.74 Å². The van der Waals surface area contributed by atoms with Crippen LogP contribution in [0.2, 0.25) is 5.02 Å². The van der Waals surface area contributed by atoms with Crippen LogP contribution < -0.4 is 15.4 Å². The zero-order valence-corrected chi connectivity index (χ0v) is 16.6. The van der Waals surface area contributed by atoms with Crippen LogP contribution in [0.1, 0.15) is 5.56 Å². The second-order valence-electron chi connectivity index (χ2n) is 6.47. The number of carbonyl (C=O) groups is 1. The van der Waals surface area contributed by atoms with E-state index in [2.05, 4.69) is 10.6 Å². The average molecular weight is 421 g/mol. The molecule has 1 aliphatic heterocycles. The lowest BCUT2D eigenvalue weighted by atomic mass is 10.0.